The number of carbonyl (C=O) groups is 2. The zero-order valence-corrected chi connectivity index (χ0v) is 15.2. The van der Waals surface area contributed by atoms with Crippen molar-refractivity contribution in [3.05, 3.63) is 71.1 Å². The van der Waals surface area contributed by atoms with E-state index < -0.39 is 18.0 Å². The van der Waals surface area contributed by atoms with Gasteiger partial charge in [0.05, 0.1) is 11.3 Å². The molecule has 3 rings (SSSR count). The number of amides is 1. The smallest absolute Gasteiger partial charge is 0.339 e. The van der Waals surface area contributed by atoms with Gasteiger partial charge in [-0.15, -0.1) is 11.3 Å². The van der Waals surface area contributed by atoms with E-state index >= 15 is 0 Å². The number of nitrogens with zero attached hydrogens (tertiary/aromatic N) is 1. The summed E-state index contributed by atoms with van der Waals surface area (Å²) >= 11 is 1.32. The van der Waals surface area contributed by atoms with Gasteiger partial charge in [-0.05, 0) is 25.5 Å². The second kappa shape index (κ2) is 7.93. The van der Waals surface area contributed by atoms with Crippen LogP contribution in [0.2, 0.25) is 0 Å². The quantitative estimate of drug-likeness (QED) is 0.684. The van der Waals surface area contributed by atoms with Gasteiger partial charge in [-0.25, -0.2) is 9.78 Å². The van der Waals surface area contributed by atoms with Crippen LogP contribution in [0.1, 0.15) is 22.8 Å². The first-order valence-corrected chi connectivity index (χ1v) is 9.01. The van der Waals surface area contributed by atoms with E-state index in [0.29, 0.717) is 10.7 Å². The van der Waals surface area contributed by atoms with Crippen LogP contribution < -0.4 is 5.32 Å². The summed E-state index contributed by atoms with van der Waals surface area (Å²) in [5.74, 6) is -0.934. The molecule has 2 aromatic carbocycles. The number of benzene rings is 2. The van der Waals surface area contributed by atoms with Crippen LogP contribution in [-0.2, 0) is 9.53 Å². The van der Waals surface area contributed by atoms with Crippen molar-refractivity contribution >= 4 is 28.3 Å². The Labute approximate surface area is 155 Å². The first kappa shape index (κ1) is 17.8. The number of hydrogen-bond acceptors (Lipinski definition) is 5. The number of carbonyl (C=O) groups excluding carboxylic acids is 2. The number of nitrogens with one attached hydrogen (secondary N) is 1. The molecule has 1 atom stereocenters. The lowest BCUT2D eigenvalue weighted by atomic mass is 10.1. The first-order chi connectivity index (χ1) is 12.5. The molecule has 0 fully saturated rings. The van der Waals surface area contributed by atoms with Crippen LogP contribution in [-0.4, -0.2) is 23.0 Å². The van der Waals surface area contributed by atoms with Crippen molar-refractivity contribution in [1.82, 2.24) is 4.98 Å². The van der Waals surface area contributed by atoms with E-state index in [1.54, 1.807) is 12.1 Å². The Kier molecular flexibility index (Phi) is 5.43. The van der Waals surface area contributed by atoms with Crippen LogP contribution >= 0.6 is 11.3 Å². The van der Waals surface area contributed by atoms with E-state index in [2.05, 4.69) is 10.3 Å². The molecule has 0 aliphatic heterocycles. The lowest BCUT2D eigenvalue weighted by Gasteiger charge is -2.13. The number of aryl methyl sites for hydroxylation is 1. The molecule has 3 aromatic rings. The fraction of sp³-hybridized carbons (Fsp3) is 0.150. The predicted octanol–water partition coefficient (Wildman–Crippen LogP) is 4.30. The number of thiazole rings is 1. The second-order valence-corrected chi connectivity index (χ2v) is 6.61. The minimum atomic E-state index is -0.925. The molecular formula is C20H18N2O3S. The summed E-state index contributed by atoms with van der Waals surface area (Å²) in [4.78, 5) is 28.9. The third-order valence-electron chi connectivity index (χ3n) is 3.82. The molecule has 26 heavy (non-hydrogen) atoms. The maximum atomic E-state index is 12.3. The summed E-state index contributed by atoms with van der Waals surface area (Å²) in [5, 5.41) is 5.03. The maximum absolute atomic E-state index is 12.3. The standard InChI is InChI=1S/C20H18N2O3S/c1-13-8-6-7-11-16(13)19(24)25-14(2)18(23)22-20-21-17(12-26-20)15-9-4-3-5-10-15/h3-12,14H,1-2H3,(H,21,22,23)/t14-/m0/s1. The van der Waals surface area contributed by atoms with E-state index in [9.17, 15) is 9.59 Å². The fourth-order valence-corrected chi connectivity index (χ4v) is 3.08. The number of ether oxygens (including phenoxy) is 1. The molecule has 1 amide bonds. The topological polar surface area (TPSA) is 68.3 Å². The van der Waals surface area contributed by atoms with Crippen molar-refractivity contribution in [3.8, 4) is 11.3 Å². The lowest BCUT2D eigenvalue weighted by molar-refractivity contribution is -0.123. The third-order valence-corrected chi connectivity index (χ3v) is 4.58. The van der Waals surface area contributed by atoms with Gasteiger partial charge in [0.25, 0.3) is 5.91 Å². The van der Waals surface area contributed by atoms with Crippen LogP contribution in [0.15, 0.2) is 60.0 Å². The van der Waals surface area contributed by atoms with Crippen molar-refractivity contribution < 1.29 is 14.3 Å². The van der Waals surface area contributed by atoms with Crippen LogP contribution in [0.5, 0.6) is 0 Å². The lowest BCUT2D eigenvalue weighted by Crippen LogP contribution is -2.30. The molecule has 0 spiro atoms. The molecule has 0 radical (unpaired) electrons. The van der Waals surface area contributed by atoms with Gasteiger partial charge in [0.1, 0.15) is 0 Å². The third kappa shape index (κ3) is 4.15. The summed E-state index contributed by atoms with van der Waals surface area (Å²) in [6.07, 6.45) is -0.925. The first-order valence-electron chi connectivity index (χ1n) is 8.13. The van der Waals surface area contributed by atoms with E-state index in [1.807, 2.05) is 54.8 Å². The molecule has 0 unspecified atom stereocenters. The summed E-state index contributed by atoms with van der Waals surface area (Å²) in [6, 6.07) is 16.8. The minimum absolute atomic E-state index is 0.416. The Balaban J connectivity index is 1.62. The van der Waals surface area contributed by atoms with E-state index in [4.69, 9.17) is 4.74 Å². The molecule has 1 heterocycles. The normalized spacial score (nSPS) is 11.6. The Hall–Kier alpha value is -2.99. The van der Waals surface area contributed by atoms with Crippen LogP contribution in [0.25, 0.3) is 11.3 Å². The Morgan fingerprint density at radius 1 is 1.08 bits per heavy atom. The van der Waals surface area contributed by atoms with Gasteiger partial charge in [-0.1, -0.05) is 48.5 Å². The summed E-state index contributed by atoms with van der Waals surface area (Å²) in [7, 11) is 0. The van der Waals surface area contributed by atoms with Gasteiger partial charge in [0.2, 0.25) is 0 Å². The van der Waals surface area contributed by atoms with Gasteiger partial charge < -0.3 is 4.74 Å². The van der Waals surface area contributed by atoms with Gasteiger partial charge in [-0.2, -0.15) is 0 Å². The Morgan fingerprint density at radius 3 is 2.50 bits per heavy atom. The van der Waals surface area contributed by atoms with Gasteiger partial charge in [-0.3, -0.25) is 10.1 Å². The molecule has 1 aromatic heterocycles. The van der Waals surface area contributed by atoms with Crippen molar-refractivity contribution in [1.29, 1.82) is 0 Å². The maximum Gasteiger partial charge on any atom is 0.339 e. The Bertz CT molecular complexity index is 922. The molecule has 6 heteroatoms. The van der Waals surface area contributed by atoms with Crippen LogP contribution in [0, 0.1) is 6.92 Å². The van der Waals surface area contributed by atoms with E-state index in [0.717, 1.165) is 16.8 Å². The molecule has 0 aliphatic carbocycles. The number of esters is 1. The van der Waals surface area contributed by atoms with Gasteiger partial charge >= 0.3 is 5.97 Å². The van der Waals surface area contributed by atoms with Gasteiger partial charge in [0.15, 0.2) is 11.2 Å². The van der Waals surface area contributed by atoms with Crippen LogP contribution in [0.3, 0.4) is 0 Å². The number of hydrogen-bond donors (Lipinski definition) is 1. The predicted molar refractivity (Wildman–Crippen MR) is 102 cm³/mol. The summed E-state index contributed by atoms with van der Waals surface area (Å²) < 4.78 is 5.27. The van der Waals surface area contributed by atoms with Crippen LogP contribution in [0.4, 0.5) is 5.13 Å². The highest BCUT2D eigenvalue weighted by Crippen LogP contribution is 2.24. The van der Waals surface area contributed by atoms with Crippen molar-refractivity contribution in [2.24, 2.45) is 0 Å². The Morgan fingerprint density at radius 2 is 1.77 bits per heavy atom. The molecule has 0 saturated heterocycles. The molecule has 0 bridgehead atoms. The number of rotatable bonds is 5. The molecule has 5 nitrogen and oxygen atoms in total. The molecule has 1 N–H and O–H groups in total. The molecule has 0 aliphatic rings. The van der Waals surface area contributed by atoms with Gasteiger partial charge in [0, 0.05) is 10.9 Å². The molecule has 132 valence electrons. The second-order valence-electron chi connectivity index (χ2n) is 5.76. The minimum Gasteiger partial charge on any atom is -0.449 e. The summed E-state index contributed by atoms with van der Waals surface area (Å²) in [5.41, 5.74) is 3.02. The largest absolute Gasteiger partial charge is 0.449 e. The van der Waals surface area contributed by atoms with E-state index in [1.165, 1.54) is 18.3 Å². The SMILES string of the molecule is Cc1ccccc1C(=O)O[C@@H](C)C(=O)Nc1nc(-c2ccccc2)cs1. The highest BCUT2D eigenvalue weighted by Gasteiger charge is 2.21. The fourth-order valence-electron chi connectivity index (χ4n) is 2.36. The average molecular weight is 366 g/mol. The number of anilines is 1. The molecule has 0 saturated carbocycles. The zero-order chi connectivity index (χ0) is 18.5. The van der Waals surface area contributed by atoms with Crippen molar-refractivity contribution in [3.63, 3.8) is 0 Å². The van der Waals surface area contributed by atoms with Crippen molar-refractivity contribution in [2.75, 3.05) is 5.32 Å². The number of aromatic nitrogens is 1. The average Bonchev–Trinajstić information content (AvgIpc) is 3.11. The molecular weight excluding hydrogens is 348 g/mol. The summed E-state index contributed by atoms with van der Waals surface area (Å²) in [6.45, 7) is 3.36. The highest BCUT2D eigenvalue weighted by atomic mass is 32.1. The monoisotopic (exact) mass is 366 g/mol. The highest BCUT2D eigenvalue weighted by molar-refractivity contribution is 7.14. The van der Waals surface area contributed by atoms with E-state index in [-0.39, 0.29) is 0 Å². The van der Waals surface area contributed by atoms with Crippen molar-refractivity contribution in [2.45, 2.75) is 20.0 Å². The zero-order valence-electron chi connectivity index (χ0n) is 14.4.